The lowest BCUT2D eigenvalue weighted by atomic mass is 10.2. The fourth-order valence-electron chi connectivity index (χ4n) is 0.714. The lowest BCUT2D eigenvalue weighted by molar-refractivity contribution is 0.279. The second-order valence-corrected chi connectivity index (χ2v) is 2.19. The molecule has 0 radical (unpaired) electrons. The first-order chi connectivity index (χ1) is 5.59. The third-order valence-electron chi connectivity index (χ3n) is 1.19. The normalized spacial score (nSPS) is 9.67. The van der Waals surface area contributed by atoms with Crippen LogP contribution in [0.2, 0.25) is 0 Å². The van der Waals surface area contributed by atoms with E-state index in [0.717, 1.165) is 0 Å². The Morgan fingerprint density at radius 3 is 2.67 bits per heavy atom. The van der Waals surface area contributed by atoms with E-state index in [1.165, 1.54) is 12.1 Å². The van der Waals surface area contributed by atoms with E-state index in [2.05, 4.69) is 9.64 Å². The van der Waals surface area contributed by atoms with Crippen molar-refractivity contribution < 1.29 is 19.1 Å². The van der Waals surface area contributed by atoms with Gasteiger partial charge in [0.05, 0.1) is 0 Å². The van der Waals surface area contributed by atoms with Crippen LogP contribution in [0.5, 0.6) is 5.75 Å². The number of aromatic nitrogens is 1. The molecule has 64 valence electrons. The zero-order chi connectivity index (χ0) is 9.14. The molecule has 0 aliphatic heterocycles. The topological polar surface area (TPSA) is 62.6 Å². The number of rotatable bonds is 2. The molecule has 0 aliphatic rings. The minimum atomic E-state index is -2.02. The van der Waals surface area contributed by atoms with Gasteiger partial charge in [0, 0.05) is 5.69 Å². The molecule has 0 saturated carbocycles. The van der Waals surface area contributed by atoms with Crippen LogP contribution in [0, 0.1) is 12.9 Å². The monoisotopic (exact) mass is 171 g/mol. The summed E-state index contributed by atoms with van der Waals surface area (Å²) >= 11 is 0. The van der Waals surface area contributed by atoms with Gasteiger partial charge >= 0.3 is 7.32 Å². The molecular formula is C6H7BFNO3. The number of nitrogens with zero attached hydrogens (tertiary/aromatic N) is 1. The Balaban J connectivity index is 2.86. The Morgan fingerprint density at radius 2 is 2.17 bits per heavy atom. The Bertz CT molecular complexity index is 281. The van der Waals surface area contributed by atoms with Crippen molar-refractivity contribution in [2.24, 2.45) is 0 Å². The fraction of sp³-hybridized carbons (Fsp3) is 0.167. The van der Waals surface area contributed by atoms with Crippen LogP contribution in [0.4, 0.5) is 4.39 Å². The van der Waals surface area contributed by atoms with E-state index in [4.69, 9.17) is 10.0 Å². The van der Waals surface area contributed by atoms with Gasteiger partial charge in [-0.05, 0) is 19.1 Å². The lowest BCUT2D eigenvalue weighted by Crippen LogP contribution is -2.21. The second-order valence-electron chi connectivity index (χ2n) is 2.19. The van der Waals surface area contributed by atoms with E-state index in [1.54, 1.807) is 6.92 Å². The third kappa shape index (κ3) is 2.18. The molecule has 0 amide bonds. The van der Waals surface area contributed by atoms with Gasteiger partial charge in [0.2, 0.25) is 0 Å². The van der Waals surface area contributed by atoms with Crippen LogP contribution >= 0.6 is 0 Å². The summed E-state index contributed by atoms with van der Waals surface area (Å²) in [6, 6.07) is 2.78. The summed E-state index contributed by atoms with van der Waals surface area (Å²) in [4.78, 5) is 3.41. The van der Waals surface area contributed by atoms with Gasteiger partial charge in [-0.1, -0.05) is 0 Å². The standard InChI is InChI=1S/C6H7BFNO3/c1-4-2-3-5(6(8)9-4)12-7(10)11/h2-3,10-11H,1H3. The second kappa shape index (κ2) is 3.51. The summed E-state index contributed by atoms with van der Waals surface area (Å²) in [6.07, 6.45) is 0. The molecule has 0 saturated heterocycles. The molecule has 1 aromatic heterocycles. The molecule has 0 fully saturated rings. The molecule has 0 unspecified atom stereocenters. The van der Waals surface area contributed by atoms with Gasteiger partial charge < -0.3 is 14.7 Å². The fourth-order valence-corrected chi connectivity index (χ4v) is 0.714. The third-order valence-corrected chi connectivity index (χ3v) is 1.19. The molecule has 1 aromatic rings. The largest absolute Gasteiger partial charge is 0.707 e. The van der Waals surface area contributed by atoms with Gasteiger partial charge in [0.15, 0.2) is 5.75 Å². The van der Waals surface area contributed by atoms with E-state index in [9.17, 15) is 4.39 Å². The highest BCUT2D eigenvalue weighted by molar-refractivity contribution is 6.33. The number of hydrogen-bond acceptors (Lipinski definition) is 4. The molecule has 0 bridgehead atoms. The first kappa shape index (κ1) is 8.96. The Morgan fingerprint density at radius 1 is 1.50 bits per heavy atom. The van der Waals surface area contributed by atoms with Crippen LogP contribution in [-0.2, 0) is 0 Å². The van der Waals surface area contributed by atoms with Crippen LogP contribution in [0.25, 0.3) is 0 Å². The molecule has 0 spiro atoms. The van der Waals surface area contributed by atoms with E-state index in [0.29, 0.717) is 5.69 Å². The van der Waals surface area contributed by atoms with Crippen molar-refractivity contribution in [1.29, 1.82) is 0 Å². The molecular weight excluding hydrogens is 164 g/mol. The average molecular weight is 171 g/mol. The Hall–Kier alpha value is -1.14. The number of halogens is 1. The summed E-state index contributed by atoms with van der Waals surface area (Å²) < 4.78 is 17.0. The van der Waals surface area contributed by atoms with Crippen LogP contribution in [0.15, 0.2) is 12.1 Å². The van der Waals surface area contributed by atoms with Crippen molar-refractivity contribution in [3.8, 4) is 5.75 Å². The Labute approximate surface area is 68.8 Å². The van der Waals surface area contributed by atoms with E-state index in [1.807, 2.05) is 0 Å². The van der Waals surface area contributed by atoms with Crippen molar-refractivity contribution in [3.05, 3.63) is 23.8 Å². The van der Waals surface area contributed by atoms with Crippen LogP contribution in [-0.4, -0.2) is 22.4 Å². The smallest absolute Gasteiger partial charge is 0.508 e. The predicted octanol–water partition coefficient (Wildman–Crippen LogP) is -0.123. The van der Waals surface area contributed by atoms with Gasteiger partial charge in [-0.2, -0.15) is 4.39 Å². The van der Waals surface area contributed by atoms with Crippen molar-refractivity contribution in [2.45, 2.75) is 6.92 Å². The highest BCUT2D eigenvalue weighted by Crippen LogP contribution is 2.14. The molecule has 12 heavy (non-hydrogen) atoms. The van der Waals surface area contributed by atoms with Gasteiger partial charge in [-0.25, -0.2) is 4.98 Å². The number of aryl methyl sites for hydroxylation is 1. The van der Waals surface area contributed by atoms with Gasteiger partial charge in [-0.3, -0.25) is 0 Å². The summed E-state index contributed by atoms with van der Waals surface area (Å²) in [5.41, 5.74) is 0.493. The maximum Gasteiger partial charge on any atom is 0.707 e. The summed E-state index contributed by atoms with van der Waals surface area (Å²) in [5.74, 6) is -1.14. The molecule has 4 nitrogen and oxygen atoms in total. The molecule has 2 N–H and O–H groups in total. The van der Waals surface area contributed by atoms with Gasteiger partial charge in [0.1, 0.15) is 0 Å². The van der Waals surface area contributed by atoms with Crippen LogP contribution in [0.3, 0.4) is 0 Å². The van der Waals surface area contributed by atoms with Gasteiger partial charge in [0.25, 0.3) is 5.95 Å². The molecule has 0 atom stereocenters. The first-order valence-corrected chi connectivity index (χ1v) is 3.25. The van der Waals surface area contributed by atoms with Crippen molar-refractivity contribution in [3.63, 3.8) is 0 Å². The van der Waals surface area contributed by atoms with E-state index < -0.39 is 13.3 Å². The maximum absolute atomic E-state index is 12.8. The zero-order valence-electron chi connectivity index (χ0n) is 6.36. The van der Waals surface area contributed by atoms with Crippen molar-refractivity contribution in [2.75, 3.05) is 0 Å². The summed E-state index contributed by atoms with van der Waals surface area (Å²) in [5, 5.41) is 16.7. The lowest BCUT2D eigenvalue weighted by Gasteiger charge is -2.04. The molecule has 0 aliphatic carbocycles. The number of hydrogen-bond donors (Lipinski definition) is 2. The van der Waals surface area contributed by atoms with E-state index >= 15 is 0 Å². The molecule has 1 heterocycles. The minimum absolute atomic E-state index is 0.282. The van der Waals surface area contributed by atoms with Crippen molar-refractivity contribution in [1.82, 2.24) is 4.98 Å². The highest BCUT2D eigenvalue weighted by Gasteiger charge is 2.14. The highest BCUT2D eigenvalue weighted by atomic mass is 19.1. The van der Waals surface area contributed by atoms with Gasteiger partial charge in [-0.15, -0.1) is 0 Å². The first-order valence-electron chi connectivity index (χ1n) is 3.25. The molecule has 6 heteroatoms. The zero-order valence-corrected chi connectivity index (χ0v) is 6.36. The summed E-state index contributed by atoms with van der Waals surface area (Å²) in [6.45, 7) is 1.61. The van der Waals surface area contributed by atoms with E-state index in [-0.39, 0.29) is 5.75 Å². The minimum Gasteiger partial charge on any atom is -0.508 e. The van der Waals surface area contributed by atoms with Crippen LogP contribution in [0.1, 0.15) is 5.69 Å². The molecule has 1 rings (SSSR count). The maximum atomic E-state index is 12.8. The molecule has 0 aromatic carbocycles. The van der Waals surface area contributed by atoms with Crippen molar-refractivity contribution >= 4 is 7.32 Å². The summed E-state index contributed by atoms with van der Waals surface area (Å²) in [7, 11) is -2.02. The SMILES string of the molecule is Cc1ccc(OB(O)O)c(F)n1. The number of pyridine rings is 1. The predicted molar refractivity (Wildman–Crippen MR) is 39.8 cm³/mol. The Kier molecular flexibility index (Phi) is 2.62. The van der Waals surface area contributed by atoms with Crippen LogP contribution < -0.4 is 4.65 Å². The average Bonchev–Trinajstić information content (AvgIpc) is 1.94. The quantitative estimate of drug-likeness (QED) is 0.480.